The fraction of sp³-hybridized carbons (Fsp3) is 0.273. The van der Waals surface area contributed by atoms with Crippen molar-refractivity contribution in [3.63, 3.8) is 0 Å². The summed E-state index contributed by atoms with van der Waals surface area (Å²) in [6.45, 7) is 0.195. The summed E-state index contributed by atoms with van der Waals surface area (Å²) in [5.74, 6) is 1.55. The zero-order valence-electron chi connectivity index (χ0n) is 22.4. The van der Waals surface area contributed by atoms with Crippen molar-refractivity contribution in [2.45, 2.75) is 29.5 Å². The number of phenolic OH excluding ortho intramolecular Hbond substituents is 1. The van der Waals surface area contributed by atoms with Gasteiger partial charge in [-0.2, -0.15) is 0 Å². The van der Waals surface area contributed by atoms with Crippen molar-refractivity contribution >= 4 is 0 Å². The molecule has 6 rings (SSSR count). The highest BCUT2D eigenvalue weighted by molar-refractivity contribution is 5.50. The van der Waals surface area contributed by atoms with Gasteiger partial charge >= 0.3 is 0 Å². The molecule has 2 fully saturated rings. The summed E-state index contributed by atoms with van der Waals surface area (Å²) >= 11 is 0. The van der Waals surface area contributed by atoms with Gasteiger partial charge in [-0.3, -0.25) is 0 Å². The lowest BCUT2D eigenvalue weighted by molar-refractivity contribution is -0.185. The van der Waals surface area contributed by atoms with Gasteiger partial charge in [0.1, 0.15) is 46.8 Å². The summed E-state index contributed by atoms with van der Waals surface area (Å²) < 4.78 is 30.4. The fourth-order valence-electron chi connectivity index (χ4n) is 5.82. The Bertz CT molecular complexity index is 1390. The Morgan fingerprint density at radius 3 is 1.90 bits per heavy atom. The Hall–Kier alpha value is -3.88. The smallest absolute Gasteiger partial charge is 0.144 e. The number of hydrogen-bond donors (Lipinski definition) is 2. The maximum absolute atomic E-state index is 11.4. The first-order chi connectivity index (χ1) is 19.5. The molecule has 7 nitrogen and oxygen atoms in total. The quantitative estimate of drug-likeness (QED) is 0.289. The second kappa shape index (κ2) is 10.6. The van der Waals surface area contributed by atoms with Gasteiger partial charge < -0.3 is 33.9 Å². The van der Waals surface area contributed by atoms with Gasteiger partial charge in [-0.25, -0.2) is 0 Å². The first kappa shape index (κ1) is 26.3. The fourth-order valence-corrected chi connectivity index (χ4v) is 5.82. The number of hydrogen-bond acceptors (Lipinski definition) is 7. The van der Waals surface area contributed by atoms with E-state index in [-0.39, 0.29) is 19.0 Å². The SMILES string of the molecule is COc1ccc(C(OC[C@]23CO[C@@H](C2O)[C@H](c2ccccc2O)O3)(c2ccccc2)c2ccc(OC)cc2)cc1. The molecule has 0 spiro atoms. The number of aromatic hydroxyl groups is 1. The maximum atomic E-state index is 11.4. The Kier molecular flexibility index (Phi) is 6.98. The minimum atomic E-state index is -1.13. The van der Waals surface area contributed by atoms with Crippen LogP contribution in [0.5, 0.6) is 17.2 Å². The molecule has 2 aliphatic heterocycles. The first-order valence-corrected chi connectivity index (χ1v) is 13.2. The zero-order valence-corrected chi connectivity index (χ0v) is 22.4. The highest BCUT2D eigenvalue weighted by atomic mass is 16.7. The number of fused-ring (bicyclic) bond motifs is 2. The molecule has 40 heavy (non-hydrogen) atoms. The Morgan fingerprint density at radius 1 is 0.775 bits per heavy atom. The van der Waals surface area contributed by atoms with Crippen LogP contribution in [0.1, 0.15) is 28.4 Å². The number of rotatable bonds is 9. The molecule has 4 atom stereocenters. The third-order valence-corrected chi connectivity index (χ3v) is 7.98. The maximum Gasteiger partial charge on any atom is 0.144 e. The molecule has 4 aromatic carbocycles. The summed E-state index contributed by atoms with van der Waals surface area (Å²) in [6.07, 6.45) is -2.19. The number of ether oxygens (including phenoxy) is 5. The molecule has 4 aromatic rings. The van der Waals surface area contributed by atoms with Crippen LogP contribution in [0.15, 0.2) is 103 Å². The lowest BCUT2D eigenvalue weighted by Gasteiger charge is -2.39. The van der Waals surface area contributed by atoms with Crippen molar-refractivity contribution in [3.05, 3.63) is 125 Å². The van der Waals surface area contributed by atoms with Gasteiger partial charge in [0.15, 0.2) is 0 Å². The molecule has 2 bridgehead atoms. The van der Waals surface area contributed by atoms with E-state index in [1.165, 1.54) is 0 Å². The minimum absolute atomic E-state index is 0.0295. The van der Waals surface area contributed by atoms with Crippen molar-refractivity contribution in [1.82, 2.24) is 0 Å². The molecule has 0 aromatic heterocycles. The van der Waals surface area contributed by atoms with E-state index in [0.717, 1.165) is 28.2 Å². The van der Waals surface area contributed by atoms with E-state index >= 15 is 0 Å². The highest BCUT2D eigenvalue weighted by Gasteiger charge is 2.62. The lowest BCUT2D eigenvalue weighted by Crippen LogP contribution is -2.48. The van der Waals surface area contributed by atoms with Crippen molar-refractivity contribution in [2.75, 3.05) is 27.4 Å². The monoisotopic (exact) mass is 540 g/mol. The Balaban J connectivity index is 1.44. The average molecular weight is 541 g/mol. The average Bonchev–Trinajstić information content (AvgIpc) is 3.47. The molecule has 206 valence electrons. The number of para-hydroxylation sites is 1. The van der Waals surface area contributed by atoms with Gasteiger partial charge in [0, 0.05) is 5.56 Å². The van der Waals surface area contributed by atoms with Gasteiger partial charge in [-0.1, -0.05) is 72.8 Å². The molecule has 7 heteroatoms. The molecule has 2 saturated heterocycles. The van der Waals surface area contributed by atoms with Gasteiger partial charge in [-0.05, 0) is 47.0 Å². The van der Waals surface area contributed by atoms with E-state index in [1.807, 2.05) is 84.9 Å². The molecule has 0 radical (unpaired) electrons. The number of methoxy groups -OCH3 is 2. The zero-order chi connectivity index (χ0) is 27.7. The van der Waals surface area contributed by atoms with E-state index < -0.39 is 29.5 Å². The van der Waals surface area contributed by atoms with Crippen molar-refractivity contribution in [1.29, 1.82) is 0 Å². The molecule has 1 unspecified atom stereocenters. The standard InChI is InChI=1S/C33H32O7/c1-36-25-16-12-23(13-17-25)33(22-8-4-3-5-9-22,24-14-18-26(37-2)19-15-24)39-21-32-20-38-30(31(32)35)29(40-32)27-10-6-7-11-28(27)34/h3-19,29-31,34-35H,20-21H2,1-2H3/t29-,30+,31?,32+/m0/s1. The van der Waals surface area contributed by atoms with Crippen LogP contribution >= 0.6 is 0 Å². The second-order valence-corrected chi connectivity index (χ2v) is 10.2. The highest BCUT2D eigenvalue weighted by Crippen LogP contribution is 2.51. The molecule has 0 aliphatic carbocycles. The second-order valence-electron chi connectivity index (χ2n) is 10.2. The minimum Gasteiger partial charge on any atom is -0.508 e. The van der Waals surface area contributed by atoms with Crippen LogP contribution in [0.3, 0.4) is 0 Å². The van der Waals surface area contributed by atoms with E-state index in [1.54, 1.807) is 32.4 Å². The van der Waals surface area contributed by atoms with Crippen LogP contribution in [0.25, 0.3) is 0 Å². The van der Waals surface area contributed by atoms with E-state index in [4.69, 9.17) is 23.7 Å². The number of aliphatic hydroxyl groups is 1. The molecular weight excluding hydrogens is 508 g/mol. The van der Waals surface area contributed by atoms with E-state index in [2.05, 4.69) is 0 Å². The van der Waals surface area contributed by atoms with Gasteiger partial charge in [-0.15, -0.1) is 0 Å². The summed E-state index contributed by atoms with van der Waals surface area (Å²) in [7, 11) is 3.27. The van der Waals surface area contributed by atoms with Crippen LogP contribution in [0.2, 0.25) is 0 Å². The predicted molar refractivity (Wildman–Crippen MR) is 149 cm³/mol. The summed E-state index contributed by atoms with van der Waals surface area (Å²) in [5, 5.41) is 21.9. The summed E-state index contributed by atoms with van der Waals surface area (Å²) in [6, 6.07) is 32.5. The molecule has 0 saturated carbocycles. The van der Waals surface area contributed by atoms with Gasteiger partial charge in [0.2, 0.25) is 0 Å². The number of aliphatic hydroxyl groups excluding tert-OH is 1. The summed E-state index contributed by atoms with van der Waals surface area (Å²) in [5.41, 5.74) is 1.04. The molecule has 2 aliphatic rings. The predicted octanol–water partition coefficient (Wildman–Crippen LogP) is 4.99. The molecule has 2 N–H and O–H groups in total. The van der Waals surface area contributed by atoms with Crippen LogP contribution in [-0.2, 0) is 19.8 Å². The Morgan fingerprint density at radius 2 is 1.32 bits per heavy atom. The van der Waals surface area contributed by atoms with E-state index in [9.17, 15) is 10.2 Å². The Labute approximate surface area is 233 Å². The van der Waals surface area contributed by atoms with Crippen molar-refractivity contribution < 1.29 is 33.9 Å². The molecular formula is C33H32O7. The largest absolute Gasteiger partial charge is 0.508 e. The van der Waals surface area contributed by atoms with Crippen LogP contribution in [0.4, 0.5) is 0 Å². The van der Waals surface area contributed by atoms with Crippen LogP contribution in [-0.4, -0.2) is 55.5 Å². The third kappa shape index (κ3) is 4.32. The topological polar surface area (TPSA) is 86.6 Å². The van der Waals surface area contributed by atoms with Gasteiger partial charge in [0.25, 0.3) is 0 Å². The number of benzene rings is 4. The summed E-state index contributed by atoms with van der Waals surface area (Å²) in [4.78, 5) is 0. The van der Waals surface area contributed by atoms with Crippen LogP contribution in [0, 0.1) is 0 Å². The number of phenols is 1. The van der Waals surface area contributed by atoms with E-state index in [0.29, 0.717) is 5.56 Å². The van der Waals surface area contributed by atoms with Crippen molar-refractivity contribution in [2.24, 2.45) is 0 Å². The molecule has 2 heterocycles. The van der Waals surface area contributed by atoms with Gasteiger partial charge in [0.05, 0.1) is 27.4 Å². The van der Waals surface area contributed by atoms with Crippen LogP contribution < -0.4 is 9.47 Å². The molecule has 0 amide bonds. The third-order valence-electron chi connectivity index (χ3n) is 7.98. The first-order valence-electron chi connectivity index (χ1n) is 13.2. The lowest BCUT2D eigenvalue weighted by atomic mass is 9.79. The van der Waals surface area contributed by atoms with Crippen molar-refractivity contribution in [3.8, 4) is 17.2 Å². The normalized spacial score (nSPS) is 23.7.